The molecular formula is C15H16N2O5S2. The van der Waals surface area contributed by atoms with E-state index in [4.69, 9.17) is 4.74 Å². The van der Waals surface area contributed by atoms with Gasteiger partial charge in [-0.25, -0.2) is 13.1 Å². The number of carbonyl (C=O) groups excluding carboxylic acids is 2. The predicted octanol–water partition coefficient (Wildman–Crippen LogP) is 1.60. The van der Waals surface area contributed by atoms with E-state index in [1.54, 1.807) is 35.7 Å². The molecule has 1 aromatic carbocycles. The van der Waals surface area contributed by atoms with E-state index in [2.05, 4.69) is 10.0 Å². The van der Waals surface area contributed by atoms with Gasteiger partial charge >= 0.3 is 5.97 Å². The molecule has 9 heteroatoms. The average Bonchev–Trinajstić information content (AvgIpc) is 3.09. The molecule has 0 aliphatic rings. The van der Waals surface area contributed by atoms with Crippen LogP contribution in [0.3, 0.4) is 0 Å². The van der Waals surface area contributed by atoms with Crippen LogP contribution in [0.15, 0.2) is 52.1 Å². The summed E-state index contributed by atoms with van der Waals surface area (Å²) in [5.41, 5.74) is 0.599. The minimum atomic E-state index is -3.60. The molecule has 1 amide bonds. The number of carbonyl (C=O) groups is 2. The SMILES string of the molecule is O=C(COC(=O)CCNS(=O)(=O)c1cccs1)Nc1ccccc1. The number of thiophene rings is 1. The van der Waals surface area contributed by atoms with Crippen LogP contribution in [0.1, 0.15) is 6.42 Å². The molecule has 0 bridgehead atoms. The van der Waals surface area contributed by atoms with E-state index in [1.807, 2.05) is 6.07 Å². The normalized spacial score (nSPS) is 11.0. The number of sulfonamides is 1. The van der Waals surface area contributed by atoms with Crippen molar-refractivity contribution in [2.75, 3.05) is 18.5 Å². The highest BCUT2D eigenvalue weighted by molar-refractivity contribution is 7.91. The molecule has 0 radical (unpaired) electrons. The highest BCUT2D eigenvalue weighted by Gasteiger charge is 2.15. The standard InChI is InChI=1S/C15H16N2O5S2/c18-13(17-12-5-2-1-3-6-12)11-22-14(19)8-9-16-24(20,21)15-7-4-10-23-15/h1-7,10,16H,8-9,11H2,(H,17,18). The maximum Gasteiger partial charge on any atom is 0.307 e. The molecule has 0 atom stereocenters. The number of rotatable bonds is 8. The molecule has 0 spiro atoms. The molecule has 24 heavy (non-hydrogen) atoms. The molecular weight excluding hydrogens is 352 g/mol. The third-order valence-electron chi connectivity index (χ3n) is 2.80. The zero-order valence-corrected chi connectivity index (χ0v) is 14.2. The molecule has 0 unspecified atom stereocenters. The van der Waals surface area contributed by atoms with Crippen LogP contribution in [0.4, 0.5) is 5.69 Å². The number of esters is 1. The van der Waals surface area contributed by atoms with Gasteiger partial charge in [0.2, 0.25) is 10.0 Å². The Hall–Kier alpha value is -2.23. The molecule has 0 aliphatic carbocycles. The van der Waals surface area contributed by atoms with Gasteiger partial charge in [-0.15, -0.1) is 11.3 Å². The Morgan fingerprint density at radius 3 is 2.50 bits per heavy atom. The number of amides is 1. The molecule has 1 heterocycles. The quantitative estimate of drug-likeness (QED) is 0.689. The molecule has 7 nitrogen and oxygen atoms in total. The van der Waals surface area contributed by atoms with Gasteiger partial charge in [-0.05, 0) is 23.6 Å². The summed E-state index contributed by atoms with van der Waals surface area (Å²) in [7, 11) is -3.60. The van der Waals surface area contributed by atoms with Gasteiger partial charge in [-0.3, -0.25) is 9.59 Å². The van der Waals surface area contributed by atoms with E-state index >= 15 is 0 Å². The van der Waals surface area contributed by atoms with Gasteiger partial charge in [0.15, 0.2) is 6.61 Å². The zero-order chi connectivity index (χ0) is 17.4. The minimum Gasteiger partial charge on any atom is -0.456 e. The number of hydrogen-bond acceptors (Lipinski definition) is 6. The second kappa shape index (κ2) is 8.57. The van der Waals surface area contributed by atoms with Gasteiger partial charge in [-0.2, -0.15) is 0 Å². The Morgan fingerprint density at radius 2 is 1.83 bits per heavy atom. The summed E-state index contributed by atoms with van der Waals surface area (Å²) in [4.78, 5) is 23.1. The lowest BCUT2D eigenvalue weighted by molar-refractivity contribution is -0.147. The van der Waals surface area contributed by atoms with Crippen molar-refractivity contribution in [1.29, 1.82) is 0 Å². The van der Waals surface area contributed by atoms with Gasteiger partial charge in [0, 0.05) is 12.2 Å². The summed E-state index contributed by atoms with van der Waals surface area (Å²) < 4.78 is 30.9. The number of anilines is 1. The fourth-order valence-electron chi connectivity index (χ4n) is 1.71. The number of ether oxygens (including phenoxy) is 1. The monoisotopic (exact) mass is 368 g/mol. The molecule has 2 aromatic rings. The summed E-state index contributed by atoms with van der Waals surface area (Å²) in [6.45, 7) is -0.523. The number of para-hydroxylation sites is 1. The molecule has 2 N–H and O–H groups in total. The van der Waals surface area contributed by atoms with E-state index < -0.39 is 28.5 Å². The Labute approximate surface area is 143 Å². The average molecular weight is 368 g/mol. The number of nitrogens with one attached hydrogen (secondary N) is 2. The van der Waals surface area contributed by atoms with Crippen LogP contribution in [0.25, 0.3) is 0 Å². The van der Waals surface area contributed by atoms with Gasteiger partial charge in [0.25, 0.3) is 5.91 Å². The highest BCUT2D eigenvalue weighted by Crippen LogP contribution is 2.15. The Kier molecular flexibility index (Phi) is 6.47. The maximum atomic E-state index is 11.8. The van der Waals surface area contributed by atoms with Crippen molar-refractivity contribution in [3.05, 3.63) is 47.8 Å². The van der Waals surface area contributed by atoms with Crippen LogP contribution in [-0.4, -0.2) is 33.4 Å². The molecule has 0 saturated heterocycles. The van der Waals surface area contributed by atoms with E-state index in [-0.39, 0.29) is 17.2 Å². The topological polar surface area (TPSA) is 102 Å². The lowest BCUT2D eigenvalue weighted by atomic mass is 10.3. The van der Waals surface area contributed by atoms with Crippen LogP contribution in [0, 0.1) is 0 Å². The van der Waals surface area contributed by atoms with Crippen LogP contribution in [-0.2, 0) is 24.3 Å². The highest BCUT2D eigenvalue weighted by atomic mass is 32.2. The third-order valence-corrected chi connectivity index (χ3v) is 5.66. The maximum absolute atomic E-state index is 11.8. The molecule has 0 aliphatic heterocycles. The van der Waals surface area contributed by atoms with E-state index in [9.17, 15) is 18.0 Å². The molecule has 128 valence electrons. The molecule has 1 aromatic heterocycles. The first-order chi connectivity index (χ1) is 11.5. The van der Waals surface area contributed by atoms with Gasteiger partial charge < -0.3 is 10.1 Å². The fourth-order valence-corrected chi connectivity index (χ4v) is 3.78. The first-order valence-corrected chi connectivity index (χ1v) is 9.37. The lowest BCUT2D eigenvalue weighted by Gasteiger charge is -2.07. The van der Waals surface area contributed by atoms with Gasteiger partial charge in [0.1, 0.15) is 4.21 Å². The van der Waals surface area contributed by atoms with E-state index in [0.717, 1.165) is 11.3 Å². The van der Waals surface area contributed by atoms with Gasteiger partial charge in [0.05, 0.1) is 6.42 Å². The van der Waals surface area contributed by atoms with Crippen molar-refractivity contribution < 1.29 is 22.7 Å². The summed E-state index contributed by atoms with van der Waals surface area (Å²) in [5, 5.41) is 4.22. The Balaban J connectivity index is 1.67. The van der Waals surface area contributed by atoms with Gasteiger partial charge in [-0.1, -0.05) is 24.3 Å². The van der Waals surface area contributed by atoms with E-state index in [1.165, 1.54) is 6.07 Å². The summed E-state index contributed by atoms with van der Waals surface area (Å²) in [6, 6.07) is 11.9. The first-order valence-electron chi connectivity index (χ1n) is 7.01. The third kappa shape index (κ3) is 5.76. The van der Waals surface area contributed by atoms with Crippen LogP contribution >= 0.6 is 11.3 Å². The van der Waals surface area contributed by atoms with Crippen molar-refractivity contribution >= 4 is 38.9 Å². The Morgan fingerprint density at radius 1 is 1.08 bits per heavy atom. The number of hydrogen-bond donors (Lipinski definition) is 2. The fraction of sp³-hybridized carbons (Fsp3) is 0.200. The van der Waals surface area contributed by atoms with Crippen molar-refractivity contribution in [1.82, 2.24) is 4.72 Å². The second-order valence-corrected chi connectivity index (χ2v) is 7.60. The minimum absolute atomic E-state index is 0.0978. The molecule has 2 rings (SSSR count). The second-order valence-electron chi connectivity index (χ2n) is 4.65. The summed E-state index contributed by atoms with van der Waals surface area (Å²) >= 11 is 1.08. The molecule has 0 fully saturated rings. The van der Waals surface area contributed by atoms with Crippen molar-refractivity contribution in [2.45, 2.75) is 10.6 Å². The van der Waals surface area contributed by atoms with E-state index in [0.29, 0.717) is 5.69 Å². The zero-order valence-electron chi connectivity index (χ0n) is 12.6. The van der Waals surface area contributed by atoms with Crippen molar-refractivity contribution in [2.24, 2.45) is 0 Å². The molecule has 0 saturated carbocycles. The Bertz CT molecular complexity index is 773. The van der Waals surface area contributed by atoms with Crippen molar-refractivity contribution in [3.63, 3.8) is 0 Å². The van der Waals surface area contributed by atoms with Crippen LogP contribution in [0.5, 0.6) is 0 Å². The first kappa shape index (κ1) is 18.1. The lowest BCUT2D eigenvalue weighted by Crippen LogP contribution is -2.27. The smallest absolute Gasteiger partial charge is 0.307 e. The largest absolute Gasteiger partial charge is 0.456 e. The number of benzene rings is 1. The summed E-state index contributed by atoms with van der Waals surface area (Å²) in [5.74, 6) is -1.12. The van der Waals surface area contributed by atoms with Crippen LogP contribution < -0.4 is 10.0 Å². The van der Waals surface area contributed by atoms with Crippen LogP contribution in [0.2, 0.25) is 0 Å². The summed E-state index contributed by atoms with van der Waals surface area (Å²) in [6.07, 6.45) is -0.163. The predicted molar refractivity (Wildman–Crippen MR) is 90.2 cm³/mol. The van der Waals surface area contributed by atoms with Crippen molar-refractivity contribution in [3.8, 4) is 0 Å².